The fourth-order valence-electron chi connectivity index (χ4n) is 8.50. The van der Waals surface area contributed by atoms with Crippen LogP contribution in [0.2, 0.25) is 0 Å². The van der Waals surface area contributed by atoms with Gasteiger partial charge in [0.25, 0.3) is 6.71 Å². The fraction of sp³-hybridized carbons (Fsp3) is 0.0943. The molecule has 2 nitrogen and oxygen atoms in total. The monoisotopic (exact) mass is 720 g/mol. The Balaban J connectivity index is 1.40. The molecular formula is C53H45BN2. The second kappa shape index (κ2) is 14.2. The van der Waals surface area contributed by atoms with E-state index in [-0.39, 0.29) is 12.1 Å². The first-order valence-electron chi connectivity index (χ1n) is 19.6. The first-order valence-corrected chi connectivity index (χ1v) is 19.6. The molecule has 0 unspecified atom stereocenters. The molecule has 0 radical (unpaired) electrons. The lowest BCUT2D eigenvalue weighted by Crippen LogP contribution is -2.61. The maximum atomic E-state index is 3.87. The van der Waals surface area contributed by atoms with E-state index in [9.17, 15) is 0 Å². The van der Waals surface area contributed by atoms with Crippen molar-refractivity contribution in [1.29, 1.82) is 0 Å². The summed E-state index contributed by atoms with van der Waals surface area (Å²) in [5.41, 5.74) is 19.5. The van der Waals surface area contributed by atoms with Crippen LogP contribution in [0.1, 0.15) is 38.8 Å². The summed E-state index contributed by atoms with van der Waals surface area (Å²) in [4.78, 5) is 5.08. The predicted octanol–water partition coefficient (Wildman–Crippen LogP) is 12.5. The van der Waals surface area contributed by atoms with Crippen molar-refractivity contribution in [1.82, 2.24) is 0 Å². The van der Waals surface area contributed by atoms with Gasteiger partial charge < -0.3 is 9.80 Å². The van der Waals surface area contributed by atoms with Gasteiger partial charge in [-0.2, -0.15) is 0 Å². The Morgan fingerprint density at radius 3 is 1.80 bits per heavy atom. The summed E-state index contributed by atoms with van der Waals surface area (Å²) in [6, 6.07) is 60.6. The first kappa shape index (κ1) is 35.1. The van der Waals surface area contributed by atoms with Crippen LogP contribution in [-0.2, 0) is 5.41 Å². The molecule has 270 valence electrons. The van der Waals surface area contributed by atoms with Gasteiger partial charge in [0.05, 0.1) is 5.69 Å². The Hall–Kier alpha value is -6.58. The number of rotatable bonds is 7. The van der Waals surface area contributed by atoms with Crippen LogP contribution in [0.3, 0.4) is 0 Å². The maximum absolute atomic E-state index is 3.87. The van der Waals surface area contributed by atoms with E-state index in [1.54, 1.807) is 0 Å². The van der Waals surface area contributed by atoms with Crippen molar-refractivity contribution in [2.75, 3.05) is 9.80 Å². The van der Waals surface area contributed by atoms with Crippen molar-refractivity contribution in [3.05, 3.63) is 206 Å². The molecule has 0 saturated heterocycles. The number of nitrogens with zero attached hydrogens (tertiary/aromatic N) is 2. The van der Waals surface area contributed by atoms with Crippen LogP contribution in [0.4, 0.5) is 34.1 Å². The standard InChI is InChI=1S/C53H45BN2/c1-6-7-11-20-37(2)40-29-31-45-48(33-40)55(43-25-16-10-17-26-43)50-35-42(53(3,4)5)36-51-52(50)54(45)46-32-30-41(38-21-12-8-13-22-38)34-49(46)56(51)47-28-19-18-27-44(47)39-23-14-9-15-24-39/h6-36H,1H2,2-5H3/b11-7-,37-20+. The number of allylic oxidation sites excluding steroid dienone is 5. The molecule has 0 aromatic heterocycles. The molecule has 2 aliphatic rings. The average Bonchev–Trinajstić information content (AvgIpc) is 3.23. The van der Waals surface area contributed by atoms with Gasteiger partial charge in [0.1, 0.15) is 0 Å². The van der Waals surface area contributed by atoms with Gasteiger partial charge in [-0.3, -0.25) is 0 Å². The number of hydrogen-bond acceptors (Lipinski definition) is 2. The van der Waals surface area contributed by atoms with Crippen LogP contribution in [0.5, 0.6) is 0 Å². The molecule has 0 fully saturated rings. The molecule has 0 atom stereocenters. The van der Waals surface area contributed by atoms with E-state index < -0.39 is 0 Å². The smallest absolute Gasteiger partial charge is 0.252 e. The number of para-hydroxylation sites is 2. The van der Waals surface area contributed by atoms with Crippen molar-refractivity contribution in [3.63, 3.8) is 0 Å². The Morgan fingerprint density at radius 1 is 0.536 bits per heavy atom. The number of hydrogen-bond donors (Lipinski definition) is 0. The Labute approximate surface area is 332 Å². The zero-order chi connectivity index (χ0) is 38.4. The third kappa shape index (κ3) is 6.10. The van der Waals surface area contributed by atoms with E-state index in [4.69, 9.17) is 0 Å². The molecule has 3 heteroatoms. The van der Waals surface area contributed by atoms with Gasteiger partial charge in [-0.05, 0) is 105 Å². The molecule has 0 amide bonds. The minimum atomic E-state index is -0.112. The highest BCUT2D eigenvalue weighted by Crippen LogP contribution is 2.48. The Bertz CT molecular complexity index is 2650. The van der Waals surface area contributed by atoms with Crippen LogP contribution >= 0.6 is 0 Å². The summed E-state index contributed by atoms with van der Waals surface area (Å²) < 4.78 is 0. The van der Waals surface area contributed by atoms with E-state index in [2.05, 4.69) is 220 Å². The SMILES string of the molecule is C=C/C=C\C=C(/C)c1ccc2c(c1)N(c1ccccc1)c1cc(C(C)(C)C)cc3c1B2c1ccc(-c2ccccc2)cc1N3c1ccccc1-c1ccccc1. The van der Waals surface area contributed by atoms with Crippen LogP contribution in [0.25, 0.3) is 27.8 Å². The van der Waals surface area contributed by atoms with Crippen LogP contribution in [0.15, 0.2) is 195 Å². The third-order valence-corrected chi connectivity index (χ3v) is 11.3. The molecule has 7 aromatic rings. The molecular weight excluding hydrogens is 675 g/mol. The minimum absolute atomic E-state index is 0.0166. The van der Waals surface area contributed by atoms with Crippen LogP contribution in [-0.4, -0.2) is 6.71 Å². The van der Waals surface area contributed by atoms with E-state index in [1.807, 2.05) is 12.2 Å². The predicted molar refractivity (Wildman–Crippen MR) is 243 cm³/mol. The van der Waals surface area contributed by atoms with Gasteiger partial charge in [-0.15, -0.1) is 0 Å². The summed E-state index contributed by atoms with van der Waals surface area (Å²) in [5, 5.41) is 0. The minimum Gasteiger partial charge on any atom is -0.311 e. The van der Waals surface area contributed by atoms with Crippen molar-refractivity contribution >= 4 is 62.8 Å². The molecule has 9 rings (SSSR count). The molecule has 0 bridgehead atoms. The second-order valence-electron chi connectivity index (χ2n) is 15.9. The van der Waals surface area contributed by atoms with Gasteiger partial charge >= 0.3 is 0 Å². The van der Waals surface area contributed by atoms with Gasteiger partial charge in [0.15, 0.2) is 0 Å². The molecule has 7 aromatic carbocycles. The van der Waals surface area contributed by atoms with Gasteiger partial charge in [-0.1, -0.05) is 173 Å². The zero-order valence-corrected chi connectivity index (χ0v) is 32.6. The maximum Gasteiger partial charge on any atom is 0.252 e. The molecule has 0 N–H and O–H groups in total. The van der Waals surface area contributed by atoms with Crippen molar-refractivity contribution in [3.8, 4) is 22.3 Å². The number of fused-ring (bicyclic) bond motifs is 4. The average molecular weight is 721 g/mol. The van der Waals surface area contributed by atoms with E-state index in [0.29, 0.717) is 0 Å². The largest absolute Gasteiger partial charge is 0.311 e. The van der Waals surface area contributed by atoms with Crippen molar-refractivity contribution in [2.24, 2.45) is 0 Å². The van der Waals surface area contributed by atoms with Crippen LogP contribution in [0, 0.1) is 0 Å². The summed E-state index contributed by atoms with van der Waals surface area (Å²) >= 11 is 0. The van der Waals surface area contributed by atoms with Crippen LogP contribution < -0.4 is 26.2 Å². The Morgan fingerprint density at radius 2 is 1.12 bits per heavy atom. The number of benzene rings is 7. The molecule has 0 saturated carbocycles. The van der Waals surface area contributed by atoms with Crippen molar-refractivity contribution in [2.45, 2.75) is 33.1 Å². The highest BCUT2D eigenvalue weighted by atomic mass is 15.2. The molecule has 0 aliphatic carbocycles. The summed E-state index contributed by atoms with van der Waals surface area (Å²) in [5.74, 6) is 0. The second-order valence-corrected chi connectivity index (χ2v) is 15.9. The zero-order valence-electron chi connectivity index (χ0n) is 32.6. The van der Waals surface area contributed by atoms with Crippen molar-refractivity contribution < 1.29 is 0 Å². The molecule has 0 spiro atoms. The Kier molecular flexibility index (Phi) is 8.94. The summed E-state index contributed by atoms with van der Waals surface area (Å²) in [7, 11) is 0. The molecule has 2 aliphatic heterocycles. The highest BCUT2D eigenvalue weighted by Gasteiger charge is 2.44. The normalized spacial score (nSPS) is 13.4. The topological polar surface area (TPSA) is 6.48 Å². The summed E-state index contributed by atoms with van der Waals surface area (Å²) in [6.45, 7) is 13.1. The van der Waals surface area contributed by atoms with Gasteiger partial charge in [-0.25, -0.2) is 0 Å². The lowest BCUT2D eigenvalue weighted by atomic mass is 9.33. The highest BCUT2D eigenvalue weighted by molar-refractivity contribution is 7.00. The summed E-state index contributed by atoms with van der Waals surface area (Å²) in [6.07, 6.45) is 8.04. The first-order chi connectivity index (χ1) is 27.3. The lowest BCUT2D eigenvalue weighted by molar-refractivity contribution is 0.590. The quantitative estimate of drug-likeness (QED) is 0.119. The molecule has 2 heterocycles. The lowest BCUT2D eigenvalue weighted by Gasteiger charge is -2.45. The van der Waals surface area contributed by atoms with E-state index in [0.717, 1.165) is 11.4 Å². The van der Waals surface area contributed by atoms with E-state index >= 15 is 0 Å². The third-order valence-electron chi connectivity index (χ3n) is 11.3. The fourth-order valence-corrected chi connectivity index (χ4v) is 8.50. The molecule has 56 heavy (non-hydrogen) atoms. The number of anilines is 6. The van der Waals surface area contributed by atoms with Gasteiger partial charge in [0.2, 0.25) is 0 Å². The van der Waals surface area contributed by atoms with Gasteiger partial charge in [0, 0.05) is 34.0 Å². The van der Waals surface area contributed by atoms with E-state index in [1.165, 1.54) is 78.1 Å².